The molecule has 0 aliphatic heterocycles. The molecule has 0 N–H and O–H groups in total. The van der Waals surface area contributed by atoms with Gasteiger partial charge >= 0.3 is 0 Å². The summed E-state index contributed by atoms with van der Waals surface area (Å²) in [6, 6.07) is 37.9. The van der Waals surface area contributed by atoms with Crippen LogP contribution >= 0.6 is 0 Å². The molecule has 2 nitrogen and oxygen atoms in total. The van der Waals surface area contributed by atoms with Crippen molar-refractivity contribution in [1.29, 1.82) is 0 Å². The Labute approximate surface area is 190 Å². The predicted molar refractivity (Wildman–Crippen MR) is 133 cm³/mol. The van der Waals surface area contributed by atoms with Crippen LogP contribution < -0.4 is 9.47 Å². The Hall–Kier alpha value is -3.78. The molecule has 32 heavy (non-hydrogen) atoms. The summed E-state index contributed by atoms with van der Waals surface area (Å²) in [5.41, 5.74) is 7.00. The Bertz CT molecular complexity index is 1050. The van der Waals surface area contributed by atoms with Gasteiger partial charge in [0.25, 0.3) is 0 Å². The van der Waals surface area contributed by atoms with Gasteiger partial charge < -0.3 is 9.47 Å². The molecule has 2 heteroatoms. The minimum atomic E-state index is 0.655. The Morgan fingerprint density at radius 2 is 0.750 bits per heavy atom. The lowest BCUT2D eigenvalue weighted by Crippen LogP contribution is -1.98. The number of hydrogen-bond acceptors (Lipinski definition) is 2. The van der Waals surface area contributed by atoms with Crippen molar-refractivity contribution >= 4 is 11.1 Å². The van der Waals surface area contributed by atoms with Crippen molar-refractivity contribution in [1.82, 2.24) is 0 Å². The molecule has 0 spiro atoms. The summed E-state index contributed by atoms with van der Waals surface area (Å²) >= 11 is 0. The van der Waals surface area contributed by atoms with E-state index in [1.807, 2.05) is 38.1 Å². The highest BCUT2D eigenvalue weighted by Crippen LogP contribution is 2.37. The summed E-state index contributed by atoms with van der Waals surface area (Å²) in [6.45, 7) is 5.32. The zero-order valence-electron chi connectivity index (χ0n) is 18.6. The molecule has 0 bridgehead atoms. The van der Waals surface area contributed by atoms with E-state index in [2.05, 4.69) is 84.9 Å². The molecular formula is C30H28O2. The standard InChI is InChI=1S/C30H28O2/c1-3-31-27-19-15-25(16-20-27)29(23-11-7-5-8-12-23)30(24-13-9-6-10-14-24)26-17-21-28(22-18-26)32-4-2/h5-22H,3-4H2,1-2H3/b30-29-. The monoisotopic (exact) mass is 420 g/mol. The molecule has 160 valence electrons. The fourth-order valence-corrected chi connectivity index (χ4v) is 3.89. The molecule has 0 aromatic heterocycles. The third kappa shape index (κ3) is 4.92. The lowest BCUT2D eigenvalue weighted by molar-refractivity contribution is 0.340. The Balaban J connectivity index is 1.97. The van der Waals surface area contributed by atoms with Gasteiger partial charge in [-0.15, -0.1) is 0 Å². The van der Waals surface area contributed by atoms with E-state index in [1.54, 1.807) is 0 Å². The van der Waals surface area contributed by atoms with Gasteiger partial charge in [-0.25, -0.2) is 0 Å². The summed E-state index contributed by atoms with van der Waals surface area (Å²) < 4.78 is 11.4. The van der Waals surface area contributed by atoms with E-state index in [0.717, 1.165) is 22.6 Å². The fraction of sp³-hybridized carbons (Fsp3) is 0.133. The van der Waals surface area contributed by atoms with Crippen molar-refractivity contribution in [2.75, 3.05) is 13.2 Å². The first-order valence-electron chi connectivity index (χ1n) is 11.1. The van der Waals surface area contributed by atoms with Crippen LogP contribution in [0.25, 0.3) is 11.1 Å². The van der Waals surface area contributed by atoms with Gasteiger partial charge in [0.2, 0.25) is 0 Å². The highest BCUT2D eigenvalue weighted by molar-refractivity contribution is 6.04. The number of ether oxygens (including phenoxy) is 2. The van der Waals surface area contributed by atoms with Crippen LogP contribution in [-0.2, 0) is 0 Å². The number of rotatable bonds is 8. The second-order valence-corrected chi connectivity index (χ2v) is 7.40. The zero-order valence-corrected chi connectivity index (χ0v) is 18.6. The van der Waals surface area contributed by atoms with Gasteiger partial charge in [-0.2, -0.15) is 0 Å². The van der Waals surface area contributed by atoms with E-state index in [9.17, 15) is 0 Å². The quantitative estimate of drug-likeness (QED) is 0.275. The molecular weight excluding hydrogens is 392 g/mol. The maximum atomic E-state index is 5.68. The van der Waals surface area contributed by atoms with Crippen LogP contribution in [0.5, 0.6) is 11.5 Å². The van der Waals surface area contributed by atoms with Crippen molar-refractivity contribution in [3.05, 3.63) is 131 Å². The van der Waals surface area contributed by atoms with Crippen LogP contribution in [0.4, 0.5) is 0 Å². The van der Waals surface area contributed by atoms with Gasteiger partial charge in [-0.1, -0.05) is 84.9 Å². The molecule has 0 unspecified atom stereocenters. The third-order valence-electron chi connectivity index (χ3n) is 5.28. The Kier molecular flexibility index (Phi) is 7.04. The van der Waals surface area contributed by atoms with Crippen molar-refractivity contribution in [2.45, 2.75) is 13.8 Å². The summed E-state index contributed by atoms with van der Waals surface area (Å²) in [6.07, 6.45) is 0. The summed E-state index contributed by atoms with van der Waals surface area (Å²) in [7, 11) is 0. The average Bonchev–Trinajstić information content (AvgIpc) is 2.85. The summed E-state index contributed by atoms with van der Waals surface area (Å²) in [4.78, 5) is 0. The molecule has 0 heterocycles. The second-order valence-electron chi connectivity index (χ2n) is 7.40. The molecule has 0 saturated carbocycles. The topological polar surface area (TPSA) is 18.5 Å². The van der Waals surface area contributed by atoms with E-state index < -0.39 is 0 Å². The molecule has 0 radical (unpaired) electrons. The lowest BCUT2D eigenvalue weighted by atomic mass is 9.86. The van der Waals surface area contributed by atoms with Crippen LogP contribution in [0.3, 0.4) is 0 Å². The highest BCUT2D eigenvalue weighted by atomic mass is 16.5. The first kappa shape index (κ1) is 21.5. The first-order chi connectivity index (χ1) is 15.8. The van der Waals surface area contributed by atoms with Crippen LogP contribution in [0.2, 0.25) is 0 Å². The van der Waals surface area contributed by atoms with Crippen molar-refractivity contribution in [3.8, 4) is 11.5 Å². The van der Waals surface area contributed by atoms with Crippen LogP contribution in [0.1, 0.15) is 36.1 Å². The average molecular weight is 421 g/mol. The molecule has 0 fully saturated rings. The number of benzene rings is 4. The van der Waals surface area contributed by atoms with Gasteiger partial charge in [0.05, 0.1) is 13.2 Å². The maximum Gasteiger partial charge on any atom is 0.119 e. The van der Waals surface area contributed by atoms with Gasteiger partial charge in [-0.05, 0) is 71.5 Å². The van der Waals surface area contributed by atoms with Crippen LogP contribution in [0.15, 0.2) is 109 Å². The smallest absolute Gasteiger partial charge is 0.119 e. The lowest BCUT2D eigenvalue weighted by Gasteiger charge is -2.18. The summed E-state index contributed by atoms with van der Waals surface area (Å²) in [5, 5.41) is 0. The molecule has 0 atom stereocenters. The minimum absolute atomic E-state index is 0.655. The van der Waals surface area contributed by atoms with E-state index in [4.69, 9.17) is 9.47 Å². The third-order valence-corrected chi connectivity index (χ3v) is 5.28. The largest absolute Gasteiger partial charge is 0.494 e. The maximum absolute atomic E-state index is 5.68. The van der Waals surface area contributed by atoms with Gasteiger partial charge in [0.1, 0.15) is 11.5 Å². The van der Waals surface area contributed by atoms with E-state index in [1.165, 1.54) is 22.3 Å². The van der Waals surface area contributed by atoms with E-state index in [0.29, 0.717) is 13.2 Å². The van der Waals surface area contributed by atoms with Crippen LogP contribution in [0, 0.1) is 0 Å². The minimum Gasteiger partial charge on any atom is -0.494 e. The zero-order chi connectivity index (χ0) is 22.2. The molecule has 4 aromatic carbocycles. The van der Waals surface area contributed by atoms with Crippen LogP contribution in [-0.4, -0.2) is 13.2 Å². The van der Waals surface area contributed by atoms with E-state index in [-0.39, 0.29) is 0 Å². The highest BCUT2D eigenvalue weighted by Gasteiger charge is 2.16. The van der Waals surface area contributed by atoms with Crippen molar-refractivity contribution < 1.29 is 9.47 Å². The molecule has 0 aliphatic rings. The molecule has 0 amide bonds. The predicted octanol–water partition coefficient (Wildman–Crippen LogP) is 7.49. The normalized spacial score (nSPS) is 11.6. The van der Waals surface area contributed by atoms with Crippen molar-refractivity contribution in [3.63, 3.8) is 0 Å². The summed E-state index contributed by atoms with van der Waals surface area (Å²) in [5.74, 6) is 1.76. The molecule has 0 aliphatic carbocycles. The van der Waals surface area contributed by atoms with Gasteiger partial charge in [0.15, 0.2) is 0 Å². The fourth-order valence-electron chi connectivity index (χ4n) is 3.89. The molecule has 0 saturated heterocycles. The Morgan fingerprint density at radius 3 is 1.06 bits per heavy atom. The number of hydrogen-bond donors (Lipinski definition) is 0. The van der Waals surface area contributed by atoms with Gasteiger partial charge in [-0.3, -0.25) is 0 Å². The molecule has 4 aromatic rings. The SMILES string of the molecule is CCOc1ccc(/C(=C(/c2ccccc2)c2ccc(OCC)cc2)c2ccccc2)cc1. The van der Waals surface area contributed by atoms with E-state index >= 15 is 0 Å². The van der Waals surface area contributed by atoms with Gasteiger partial charge in [0, 0.05) is 0 Å². The Morgan fingerprint density at radius 1 is 0.438 bits per heavy atom. The second kappa shape index (κ2) is 10.5. The first-order valence-corrected chi connectivity index (χ1v) is 11.1. The molecule has 4 rings (SSSR count). The van der Waals surface area contributed by atoms with Crippen molar-refractivity contribution in [2.24, 2.45) is 0 Å².